The number of Topliss-reactive ketones (excluding diaryl/α,β-unsaturated/α-hetero) is 1. The molecule has 0 aliphatic carbocycles. The number of methoxy groups -OCH3 is 1. The highest BCUT2D eigenvalue weighted by Gasteiger charge is 2.05. The van der Waals surface area contributed by atoms with Gasteiger partial charge in [0.15, 0.2) is 5.78 Å². The summed E-state index contributed by atoms with van der Waals surface area (Å²) in [6.07, 6.45) is 1.28. The topological polar surface area (TPSA) is 52.3 Å². The van der Waals surface area contributed by atoms with Crippen LogP contribution >= 0.6 is 0 Å². The van der Waals surface area contributed by atoms with Crippen LogP contribution in [0.3, 0.4) is 0 Å². The van der Waals surface area contributed by atoms with Crippen LogP contribution in [0.25, 0.3) is 0 Å². The first kappa shape index (κ1) is 9.59. The molecule has 2 N–H and O–H groups in total. The molecule has 0 aromatic rings. The van der Waals surface area contributed by atoms with Crippen molar-refractivity contribution in [2.75, 3.05) is 13.7 Å². The Balaban J connectivity index is 3.37. The summed E-state index contributed by atoms with van der Waals surface area (Å²) in [7, 11) is 1.51. The van der Waals surface area contributed by atoms with Crippen molar-refractivity contribution in [3.63, 3.8) is 0 Å². The summed E-state index contributed by atoms with van der Waals surface area (Å²) in [5.41, 5.74) is 5.53. The normalized spacial score (nSPS) is 13.1. The number of carbonyl (C=O) groups is 1. The molecular weight excluding hydrogens is 130 g/mol. The SMILES string of the molecule is CCC(N)CC(=O)COC. The number of carbonyl (C=O) groups excluding carboxylic acids is 1. The molecule has 0 amide bonds. The summed E-state index contributed by atoms with van der Waals surface area (Å²) in [6.45, 7) is 2.15. The first-order valence-electron chi connectivity index (χ1n) is 3.47. The van der Waals surface area contributed by atoms with E-state index in [2.05, 4.69) is 4.74 Å². The first-order valence-corrected chi connectivity index (χ1v) is 3.47. The molecule has 0 aliphatic rings. The fraction of sp³-hybridized carbons (Fsp3) is 0.857. The van der Waals surface area contributed by atoms with E-state index >= 15 is 0 Å². The van der Waals surface area contributed by atoms with Crippen LogP contribution in [0.1, 0.15) is 19.8 Å². The second kappa shape index (κ2) is 5.38. The maximum atomic E-state index is 10.8. The van der Waals surface area contributed by atoms with Crippen molar-refractivity contribution in [3.8, 4) is 0 Å². The highest BCUT2D eigenvalue weighted by atomic mass is 16.5. The van der Waals surface area contributed by atoms with E-state index in [1.807, 2.05) is 6.92 Å². The number of ether oxygens (including phenoxy) is 1. The largest absolute Gasteiger partial charge is 0.377 e. The standard InChI is InChI=1S/C7H15NO2/c1-3-6(8)4-7(9)5-10-2/h6H,3-5,8H2,1-2H3. The van der Waals surface area contributed by atoms with Crippen LogP contribution in [0, 0.1) is 0 Å². The molecule has 0 fully saturated rings. The average molecular weight is 145 g/mol. The Kier molecular flexibility index (Phi) is 5.16. The van der Waals surface area contributed by atoms with Crippen LogP contribution in [0.15, 0.2) is 0 Å². The molecule has 0 spiro atoms. The summed E-state index contributed by atoms with van der Waals surface area (Å²) < 4.78 is 4.64. The van der Waals surface area contributed by atoms with E-state index in [1.54, 1.807) is 0 Å². The maximum absolute atomic E-state index is 10.8. The second-order valence-electron chi connectivity index (χ2n) is 2.34. The van der Waals surface area contributed by atoms with Gasteiger partial charge in [-0.1, -0.05) is 6.92 Å². The zero-order valence-electron chi connectivity index (χ0n) is 6.59. The molecule has 0 bridgehead atoms. The third-order valence-electron chi connectivity index (χ3n) is 1.32. The van der Waals surface area contributed by atoms with Crippen LogP contribution in [0.5, 0.6) is 0 Å². The van der Waals surface area contributed by atoms with Crippen molar-refractivity contribution >= 4 is 5.78 Å². The lowest BCUT2D eigenvalue weighted by Crippen LogP contribution is -2.24. The molecule has 1 atom stereocenters. The number of hydrogen-bond donors (Lipinski definition) is 1. The molecule has 0 rings (SSSR count). The Hall–Kier alpha value is -0.410. The van der Waals surface area contributed by atoms with Gasteiger partial charge in [0.05, 0.1) is 0 Å². The Bertz CT molecular complexity index is 104. The minimum absolute atomic E-state index is 0.00245. The fourth-order valence-electron chi connectivity index (χ4n) is 0.657. The van der Waals surface area contributed by atoms with E-state index in [0.717, 1.165) is 6.42 Å². The molecular formula is C7H15NO2. The highest BCUT2D eigenvalue weighted by molar-refractivity contribution is 5.80. The number of nitrogens with two attached hydrogens (primary N) is 1. The van der Waals surface area contributed by atoms with E-state index in [4.69, 9.17) is 5.73 Å². The lowest BCUT2D eigenvalue weighted by molar-refractivity contribution is -0.122. The predicted molar refractivity (Wildman–Crippen MR) is 39.8 cm³/mol. The van der Waals surface area contributed by atoms with E-state index in [1.165, 1.54) is 7.11 Å². The van der Waals surface area contributed by atoms with Gasteiger partial charge in [-0.25, -0.2) is 0 Å². The highest BCUT2D eigenvalue weighted by Crippen LogP contribution is 1.94. The maximum Gasteiger partial charge on any atom is 0.159 e. The lowest BCUT2D eigenvalue weighted by atomic mass is 10.1. The summed E-state index contributed by atoms with van der Waals surface area (Å²) >= 11 is 0. The molecule has 60 valence electrons. The molecule has 0 saturated carbocycles. The Labute approximate surface area is 61.5 Å². The third kappa shape index (κ3) is 4.47. The smallest absolute Gasteiger partial charge is 0.159 e. The zero-order chi connectivity index (χ0) is 7.98. The molecule has 10 heavy (non-hydrogen) atoms. The predicted octanol–water partition coefficient (Wildman–Crippen LogP) is 0.329. The van der Waals surface area contributed by atoms with Crippen LogP contribution in [0.4, 0.5) is 0 Å². The molecule has 0 aliphatic heterocycles. The minimum atomic E-state index is 0.00245. The van der Waals surface area contributed by atoms with E-state index in [9.17, 15) is 4.79 Å². The Morgan fingerprint density at radius 2 is 2.30 bits per heavy atom. The fourth-order valence-corrected chi connectivity index (χ4v) is 0.657. The summed E-state index contributed by atoms with van der Waals surface area (Å²) in [6, 6.07) is 0.00245. The molecule has 0 heterocycles. The molecule has 1 unspecified atom stereocenters. The molecule has 3 nitrogen and oxygen atoms in total. The molecule has 0 radical (unpaired) electrons. The summed E-state index contributed by atoms with van der Waals surface area (Å²) in [5.74, 6) is 0.0804. The van der Waals surface area contributed by atoms with Crippen LogP contribution in [-0.4, -0.2) is 25.5 Å². The van der Waals surface area contributed by atoms with Crippen molar-refractivity contribution < 1.29 is 9.53 Å². The number of hydrogen-bond acceptors (Lipinski definition) is 3. The van der Waals surface area contributed by atoms with Gasteiger partial charge in [-0.3, -0.25) is 4.79 Å². The van der Waals surface area contributed by atoms with Gasteiger partial charge < -0.3 is 10.5 Å². The van der Waals surface area contributed by atoms with Gasteiger partial charge in [0, 0.05) is 19.6 Å². The van der Waals surface area contributed by atoms with E-state index in [0.29, 0.717) is 6.42 Å². The molecule has 0 aromatic heterocycles. The summed E-state index contributed by atoms with van der Waals surface area (Å²) in [4.78, 5) is 10.8. The van der Waals surface area contributed by atoms with Crippen molar-refractivity contribution in [2.45, 2.75) is 25.8 Å². The Morgan fingerprint density at radius 1 is 1.70 bits per heavy atom. The molecule has 0 aromatic carbocycles. The van der Waals surface area contributed by atoms with Gasteiger partial charge in [0.2, 0.25) is 0 Å². The van der Waals surface area contributed by atoms with Gasteiger partial charge >= 0.3 is 0 Å². The van der Waals surface area contributed by atoms with Gasteiger partial charge in [-0.2, -0.15) is 0 Å². The number of ketones is 1. The lowest BCUT2D eigenvalue weighted by Gasteiger charge is -2.05. The summed E-state index contributed by atoms with van der Waals surface area (Å²) in [5, 5.41) is 0. The minimum Gasteiger partial charge on any atom is -0.377 e. The Morgan fingerprint density at radius 3 is 2.70 bits per heavy atom. The van der Waals surface area contributed by atoms with Crippen LogP contribution in [-0.2, 0) is 9.53 Å². The van der Waals surface area contributed by atoms with Crippen LogP contribution < -0.4 is 5.73 Å². The number of rotatable bonds is 5. The van der Waals surface area contributed by atoms with Crippen molar-refractivity contribution in [2.24, 2.45) is 5.73 Å². The quantitative estimate of drug-likeness (QED) is 0.606. The van der Waals surface area contributed by atoms with Crippen molar-refractivity contribution in [3.05, 3.63) is 0 Å². The molecule has 3 heteroatoms. The van der Waals surface area contributed by atoms with Gasteiger partial charge in [0.25, 0.3) is 0 Å². The van der Waals surface area contributed by atoms with E-state index in [-0.39, 0.29) is 18.4 Å². The zero-order valence-corrected chi connectivity index (χ0v) is 6.59. The third-order valence-corrected chi connectivity index (χ3v) is 1.32. The van der Waals surface area contributed by atoms with Gasteiger partial charge in [-0.05, 0) is 6.42 Å². The van der Waals surface area contributed by atoms with Crippen molar-refractivity contribution in [1.82, 2.24) is 0 Å². The average Bonchev–Trinajstić information content (AvgIpc) is 1.88. The van der Waals surface area contributed by atoms with Gasteiger partial charge in [0.1, 0.15) is 6.61 Å². The van der Waals surface area contributed by atoms with E-state index < -0.39 is 0 Å². The van der Waals surface area contributed by atoms with Gasteiger partial charge in [-0.15, -0.1) is 0 Å². The first-order chi connectivity index (χ1) is 4.70. The second-order valence-corrected chi connectivity index (χ2v) is 2.34. The van der Waals surface area contributed by atoms with Crippen molar-refractivity contribution in [1.29, 1.82) is 0 Å². The molecule has 0 saturated heterocycles. The van der Waals surface area contributed by atoms with Crippen LogP contribution in [0.2, 0.25) is 0 Å². The monoisotopic (exact) mass is 145 g/mol.